The van der Waals surface area contributed by atoms with Gasteiger partial charge in [-0.3, -0.25) is 14.9 Å². The number of hydrogen-bond donors (Lipinski definition) is 2. The Labute approximate surface area is 131 Å². The van der Waals surface area contributed by atoms with Crippen LogP contribution in [0.4, 0.5) is 11.4 Å². The third-order valence-electron chi connectivity index (χ3n) is 3.82. The molecule has 1 aromatic carbocycles. The van der Waals surface area contributed by atoms with Crippen LogP contribution in [0.5, 0.6) is 0 Å². The van der Waals surface area contributed by atoms with Crippen LogP contribution in [0.2, 0.25) is 0 Å². The lowest BCUT2D eigenvalue weighted by Gasteiger charge is -2.26. The molecule has 0 saturated carbocycles. The molecule has 0 unspecified atom stereocenters. The van der Waals surface area contributed by atoms with Crippen LogP contribution >= 0.6 is 15.9 Å². The fourth-order valence-corrected chi connectivity index (χ4v) is 2.88. The first-order valence-corrected chi connectivity index (χ1v) is 7.82. The predicted molar refractivity (Wildman–Crippen MR) is 83.4 cm³/mol. The monoisotopic (exact) mass is 356 g/mol. The molecule has 2 rings (SSSR count). The van der Waals surface area contributed by atoms with Crippen molar-refractivity contribution in [3.63, 3.8) is 0 Å². The number of nitrogens with zero attached hydrogens (tertiary/aromatic N) is 1. The molecule has 6 nitrogen and oxygen atoms in total. The minimum absolute atomic E-state index is 0.0972. The van der Waals surface area contributed by atoms with Gasteiger partial charge in [-0.05, 0) is 30.9 Å². The zero-order chi connectivity index (χ0) is 15.4. The van der Waals surface area contributed by atoms with Crippen LogP contribution < -0.4 is 10.2 Å². The Bertz CT molecular complexity index is 542. The van der Waals surface area contributed by atoms with E-state index in [9.17, 15) is 14.9 Å². The highest BCUT2D eigenvalue weighted by Gasteiger charge is 2.23. The Hall–Kier alpha value is -1.47. The van der Waals surface area contributed by atoms with Gasteiger partial charge in [-0.25, -0.2) is 0 Å². The Morgan fingerprint density at radius 1 is 1.48 bits per heavy atom. The lowest BCUT2D eigenvalue weighted by atomic mass is 9.99. The number of carbonyl (C=O) groups excluding carboxylic acids is 1. The van der Waals surface area contributed by atoms with Crippen molar-refractivity contribution in [3.05, 3.63) is 32.8 Å². The van der Waals surface area contributed by atoms with E-state index >= 15 is 0 Å². The average Bonchev–Trinajstić information content (AvgIpc) is 2.43. The number of hydrogen-bond acceptors (Lipinski definition) is 3. The van der Waals surface area contributed by atoms with Gasteiger partial charge in [-0.2, -0.15) is 0 Å². The number of amides is 1. The molecule has 1 fully saturated rings. The van der Waals surface area contributed by atoms with E-state index in [0.29, 0.717) is 11.0 Å². The molecule has 7 heteroatoms. The zero-order valence-electron chi connectivity index (χ0n) is 11.9. The van der Waals surface area contributed by atoms with Gasteiger partial charge >= 0.3 is 0 Å². The maximum atomic E-state index is 12.1. The molecule has 1 amide bonds. The van der Waals surface area contributed by atoms with Gasteiger partial charge in [0.2, 0.25) is 0 Å². The number of nitro groups is 1. The summed E-state index contributed by atoms with van der Waals surface area (Å²) >= 11 is 3.19. The van der Waals surface area contributed by atoms with Gasteiger partial charge < -0.3 is 10.2 Å². The summed E-state index contributed by atoms with van der Waals surface area (Å²) in [4.78, 5) is 23.8. The largest absolute Gasteiger partial charge is 0.327 e. The second-order valence-corrected chi connectivity index (χ2v) is 6.49. The number of piperidine rings is 1. The number of benzene rings is 1. The average molecular weight is 357 g/mol. The summed E-state index contributed by atoms with van der Waals surface area (Å²) in [6.07, 6.45) is 2.25. The van der Waals surface area contributed by atoms with Crippen molar-refractivity contribution >= 4 is 33.2 Å². The van der Waals surface area contributed by atoms with Gasteiger partial charge in [-0.1, -0.05) is 22.9 Å². The normalized spacial score (nSPS) is 21.8. The van der Waals surface area contributed by atoms with Crippen LogP contribution in [0.1, 0.15) is 19.8 Å². The predicted octanol–water partition coefficient (Wildman–Crippen LogP) is 1.61. The first-order valence-electron chi connectivity index (χ1n) is 7.03. The molecule has 0 aromatic heterocycles. The Morgan fingerprint density at radius 3 is 2.76 bits per heavy atom. The van der Waals surface area contributed by atoms with Crippen molar-refractivity contribution in [1.82, 2.24) is 0 Å². The molecule has 1 aromatic rings. The lowest BCUT2D eigenvalue weighted by molar-refractivity contribution is -0.897. The van der Waals surface area contributed by atoms with Crippen molar-refractivity contribution in [2.45, 2.75) is 19.8 Å². The first kappa shape index (κ1) is 15.9. The molecule has 1 aliphatic rings. The van der Waals surface area contributed by atoms with E-state index in [4.69, 9.17) is 0 Å². The Kier molecular flexibility index (Phi) is 5.30. The molecule has 1 heterocycles. The molecule has 0 spiro atoms. The van der Waals surface area contributed by atoms with Crippen molar-refractivity contribution in [1.29, 1.82) is 0 Å². The highest BCUT2D eigenvalue weighted by molar-refractivity contribution is 9.10. The number of nitro benzene ring substituents is 1. The van der Waals surface area contributed by atoms with Crippen LogP contribution in [0.3, 0.4) is 0 Å². The second kappa shape index (κ2) is 7.00. The molecule has 0 bridgehead atoms. The molecule has 0 radical (unpaired) electrons. The fraction of sp³-hybridized carbons (Fsp3) is 0.500. The maximum absolute atomic E-state index is 12.1. The van der Waals surface area contributed by atoms with E-state index in [1.54, 1.807) is 12.1 Å². The molecule has 0 aliphatic carbocycles. The summed E-state index contributed by atoms with van der Waals surface area (Å²) in [5, 5.41) is 13.7. The minimum atomic E-state index is -0.490. The number of anilines is 1. The quantitative estimate of drug-likeness (QED) is 0.635. The van der Waals surface area contributed by atoms with E-state index in [1.807, 2.05) is 0 Å². The van der Waals surface area contributed by atoms with E-state index < -0.39 is 4.92 Å². The molecule has 21 heavy (non-hydrogen) atoms. The van der Waals surface area contributed by atoms with Gasteiger partial charge in [0.1, 0.15) is 5.69 Å². The number of nitrogens with one attached hydrogen (secondary N) is 2. The number of likely N-dealkylation sites (tertiary alicyclic amines) is 1. The Balaban J connectivity index is 1.98. The smallest absolute Gasteiger partial charge is 0.293 e. The SMILES string of the molecule is CC1CC[NH+](CC(=O)Nc2ccc(Br)cc2[N+](=O)[O-])CC1. The highest BCUT2D eigenvalue weighted by atomic mass is 79.9. The number of halogens is 1. The van der Waals surface area contributed by atoms with Crippen LogP contribution in [-0.2, 0) is 4.79 Å². The van der Waals surface area contributed by atoms with Crippen LogP contribution in [0.25, 0.3) is 0 Å². The number of rotatable bonds is 4. The number of quaternary nitrogens is 1. The lowest BCUT2D eigenvalue weighted by Crippen LogP contribution is -3.14. The third kappa shape index (κ3) is 4.50. The summed E-state index contributed by atoms with van der Waals surface area (Å²) in [5.41, 5.74) is 0.151. The third-order valence-corrected chi connectivity index (χ3v) is 4.32. The molecule has 1 saturated heterocycles. The standard InChI is InChI=1S/C14H18BrN3O3/c1-10-4-6-17(7-5-10)9-14(19)16-12-3-2-11(15)8-13(12)18(20)21/h2-3,8,10H,4-7,9H2,1H3,(H,16,19)/p+1. The molecular formula is C14H19BrN3O3+. The summed E-state index contributed by atoms with van der Waals surface area (Å²) in [5.74, 6) is 0.550. The van der Waals surface area contributed by atoms with Crippen LogP contribution in [-0.4, -0.2) is 30.5 Å². The van der Waals surface area contributed by atoms with Gasteiger partial charge in [0, 0.05) is 10.5 Å². The number of carbonyl (C=O) groups is 1. The molecule has 114 valence electrons. The van der Waals surface area contributed by atoms with Crippen molar-refractivity contribution in [2.75, 3.05) is 25.0 Å². The minimum Gasteiger partial charge on any atom is -0.327 e. The summed E-state index contributed by atoms with van der Waals surface area (Å²) in [7, 11) is 0. The van der Waals surface area contributed by atoms with Crippen molar-refractivity contribution in [3.8, 4) is 0 Å². The molecule has 1 aliphatic heterocycles. The summed E-state index contributed by atoms with van der Waals surface area (Å²) < 4.78 is 0.614. The van der Waals surface area contributed by atoms with E-state index in [-0.39, 0.29) is 17.3 Å². The van der Waals surface area contributed by atoms with E-state index in [2.05, 4.69) is 28.2 Å². The Morgan fingerprint density at radius 2 is 2.14 bits per heavy atom. The summed E-state index contributed by atoms with van der Waals surface area (Å²) in [6, 6.07) is 4.62. The second-order valence-electron chi connectivity index (χ2n) is 5.58. The van der Waals surface area contributed by atoms with Crippen LogP contribution in [0, 0.1) is 16.0 Å². The van der Waals surface area contributed by atoms with Gasteiger partial charge in [0.05, 0.1) is 18.0 Å². The fourth-order valence-electron chi connectivity index (χ4n) is 2.53. The van der Waals surface area contributed by atoms with Crippen molar-refractivity contribution < 1.29 is 14.6 Å². The summed E-state index contributed by atoms with van der Waals surface area (Å²) in [6.45, 7) is 4.55. The topological polar surface area (TPSA) is 76.7 Å². The maximum Gasteiger partial charge on any atom is 0.293 e. The van der Waals surface area contributed by atoms with Crippen molar-refractivity contribution in [2.24, 2.45) is 5.92 Å². The molecule has 0 atom stereocenters. The van der Waals surface area contributed by atoms with Crippen LogP contribution in [0.15, 0.2) is 22.7 Å². The van der Waals surface area contributed by atoms with Gasteiger partial charge in [0.25, 0.3) is 11.6 Å². The van der Waals surface area contributed by atoms with E-state index in [1.165, 1.54) is 11.0 Å². The first-order chi connectivity index (χ1) is 9.95. The van der Waals surface area contributed by atoms with E-state index in [0.717, 1.165) is 31.8 Å². The van der Waals surface area contributed by atoms with Gasteiger partial charge in [-0.15, -0.1) is 0 Å². The molecule has 2 N–H and O–H groups in total. The van der Waals surface area contributed by atoms with Gasteiger partial charge in [0.15, 0.2) is 6.54 Å². The molecular weight excluding hydrogens is 338 g/mol. The zero-order valence-corrected chi connectivity index (χ0v) is 13.5. The highest BCUT2D eigenvalue weighted by Crippen LogP contribution is 2.27.